The van der Waals surface area contributed by atoms with Crippen LogP contribution in [0.25, 0.3) is 0 Å². The van der Waals surface area contributed by atoms with Crippen LogP contribution in [0.1, 0.15) is 39.3 Å². The zero-order chi connectivity index (χ0) is 24.1. The fourth-order valence-corrected chi connectivity index (χ4v) is 3.72. The summed E-state index contributed by atoms with van der Waals surface area (Å²) in [4.78, 5) is 38.9. The Morgan fingerprint density at radius 3 is 2.39 bits per heavy atom. The molecule has 2 aliphatic rings. The summed E-state index contributed by atoms with van der Waals surface area (Å²) in [5, 5.41) is 13.7. The smallest absolute Gasteiger partial charge is 0.277 e. The Morgan fingerprint density at radius 1 is 1.09 bits per heavy atom. The minimum Gasteiger partial charge on any atom is -0.502 e. The van der Waals surface area contributed by atoms with Crippen molar-refractivity contribution in [2.24, 2.45) is 0 Å². The van der Waals surface area contributed by atoms with E-state index in [1.807, 2.05) is 0 Å². The van der Waals surface area contributed by atoms with Gasteiger partial charge in [-0.05, 0) is 0 Å². The minimum atomic E-state index is -3.04. The molecule has 1 aromatic heterocycles. The van der Waals surface area contributed by atoms with Crippen molar-refractivity contribution >= 4 is 11.8 Å². The lowest BCUT2D eigenvalue weighted by Gasteiger charge is -2.42. The van der Waals surface area contributed by atoms with Crippen molar-refractivity contribution in [1.82, 2.24) is 14.9 Å². The molecular formula is C20H17F5N4O4. The van der Waals surface area contributed by atoms with Crippen LogP contribution in [0.2, 0.25) is 0 Å². The van der Waals surface area contributed by atoms with Gasteiger partial charge in [0.1, 0.15) is 29.7 Å². The van der Waals surface area contributed by atoms with E-state index in [1.165, 1.54) is 5.01 Å². The van der Waals surface area contributed by atoms with Crippen LogP contribution < -0.4 is 15.8 Å². The molecule has 3 heterocycles. The second-order valence-corrected chi connectivity index (χ2v) is 7.74. The van der Waals surface area contributed by atoms with Crippen molar-refractivity contribution in [3.63, 3.8) is 0 Å². The predicted molar refractivity (Wildman–Crippen MR) is 103 cm³/mol. The number of aromatic hydroxyl groups is 1. The monoisotopic (exact) mass is 472 g/mol. The topological polar surface area (TPSA) is 94.9 Å². The Hall–Kier alpha value is -3.64. The summed E-state index contributed by atoms with van der Waals surface area (Å²) in [6, 6.07) is 0.832. The van der Waals surface area contributed by atoms with E-state index in [-0.39, 0.29) is 19.8 Å². The van der Waals surface area contributed by atoms with Gasteiger partial charge in [0.05, 0.1) is 0 Å². The average molecular weight is 472 g/mol. The summed E-state index contributed by atoms with van der Waals surface area (Å²) in [6.07, 6.45) is -0.236. The lowest BCUT2D eigenvalue weighted by molar-refractivity contribution is -0.0302. The Bertz CT molecular complexity index is 1190. The second-order valence-electron chi connectivity index (χ2n) is 7.74. The lowest BCUT2D eigenvalue weighted by Crippen LogP contribution is -2.57. The molecule has 0 atom stereocenters. The van der Waals surface area contributed by atoms with Crippen molar-refractivity contribution in [3.05, 3.63) is 62.8 Å². The third-order valence-electron chi connectivity index (χ3n) is 5.55. The number of amides is 2. The van der Waals surface area contributed by atoms with Crippen molar-refractivity contribution in [2.75, 3.05) is 24.8 Å². The van der Waals surface area contributed by atoms with Crippen molar-refractivity contribution < 1.29 is 36.6 Å². The van der Waals surface area contributed by atoms with Gasteiger partial charge in [-0.15, -0.1) is 0 Å². The van der Waals surface area contributed by atoms with Gasteiger partial charge in [0.15, 0.2) is 11.4 Å². The van der Waals surface area contributed by atoms with Gasteiger partial charge in [0.25, 0.3) is 17.7 Å². The second kappa shape index (κ2) is 8.05. The SMILES string of the molecule is O=C(NCc1c(F)cc(F)cc1F)c1cn2c(c(O)c1=O)C(=O)N1CCC(F)(F)CCN2C1. The van der Waals surface area contributed by atoms with E-state index in [4.69, 9.17) is 0 Å². The zero-order valence-corrected chi connectivity index (χ0v) is 16.9. The van der Waals surface area contributed by atoms with Crippen LogP contribution >= 0.6 is 0 Å². The summed E-state index contributed by atoms with van der Waals surface area (Å²) in [6.45, 7) is -1.41. The molecule has 2 N–H and O–H groups in total. The van der Waals surface area contributed by atoms with Gasteiger partial charge in [-0.3, -0.25) is 24.1 Å². The first-order chi connectivity index (χ1) is 15.5. The van der Waals surface area contributed by atoms with Gasteiger partial charge in [0.2, 0.25) is 5.43 Å². The Labute approximate surface area is 182 Å². The van der Waals surface area contributed by atoms with E-state index in [0.717, 1.165) is 15.8 Å². The maximum absolute atomic E-state index is 13.9. The molecule has 1 fully saturated rings. The highest BCUT2D eigenvalue weighted by Gasteiger charge is 2.40. The molecule has 1 saturated heterocycles. The number of carbonyl (C=O) groups excluding carboxylic acids is 2. The van der Waals surface area contributed by atoms with E-state index < -0.39 is 82.6 Å². The maximum Gasteiger partial charge on any atom is 0.277 e. The van der Waals surface area contributed by atoms with Crippen molar-refractivity contribution in [2.45, 2.75) is 25.3 Å². The molecule has 8 nitrogen and oxygen atoms in total. The molecule has 2 bridgehead atoms. The van der Waals surface area contributed by atoms with Crippen LogP contribution in [-0.4, -0.2) is 52.2 Å². The molecule has 1 aromatic carbocycles. The number of alkyl halides is 2. The first-order valence-corrected chi connectivity index (χ1v) is 9.81. The highest BCUT2D eigenvalue weighted by Crippen LogP contribution is 2.29. The molecular weight excluding hydrogens is 455 g/mol. The summed E-state index contributed by atoms with van der Waals surface area (Å²) in [7, 11) is 0. The highest BCUT2D eigenvalue weighted by atomic mass is 19.3. The first kappa shape index (κ1) is 22.6. The number of nitrogens with one attached hydrogen (secondary N) is 1. The van der Waals surface area contributed by atoms with E-state index in [2.05, 4.69) is 5.32 Å². The van der Waals surface area contributed by atoms with E-state index in [0.29, 0.717) is 12.1 Å². The predicted octanol–water partition coefficient (Wildman–Crippen LogP) is 1.68. The summed E-state index contributed by atoms with van der Waals surface area (Å²) in [5.41, 5.74) is -3.06. The fourth-order valence-electron chi connectivity index (χ4n) is 3.72. The van der Waals surface area contributed by atoms with Gasteiger partial charge in [-0.1, -0.05) is 0 Å². The molecule has 0 aliphatic carbocycles. The molecule has 13 heteroatoms. The van der Waals surface area contributed by atoms with Crippen LogP contribution in [0.3, 0.4) is 0 Å². The van der Waals surface area contributed by atoms with Crippen LogP contribution in [0.5, 0.6) is 5.75 Å². The molecule has 0 saturated carbocycles. The van der Waals surface area contributed by atoms with Crippen LogP contribution in [0.4, 0.5) is 22.0 Å². The Kier molecular flexibility index (Phi) is 5.50. The number of hydrogen-bond acceptors (Lipinski definition) is 5. The maximum atomic E-state index is 13.9. The lowest BCUT2D eigenvalue weighted by atomic mass is 10.1. The van der Waals surface area contributed by atoms with Crippen molar-refractivity contribution in [3.8, 4) is 5.75 Å². The van der Waals surface area contributed by atoms with Gasteiger partial charge in [0, 0.05) is 56.4 Å². The first-order valence-electron chi connectivity index (χ1n) is 9.81. The molecule has 33 heavy (non-hydrogen) atoms. The summed E-state index contributed by atoms with van der Waals surface area (Å²) >= 11 is 0. The fraction of sp³-hybridized carbons (Fsp3) is 0.350. The van der Waals surface area contributed by atoms with Crippen LogP contribution in [0.15, 0.2) is 23.1 Å². The number of aromatic nitrogens is 1. The van der Waals surface area contributed by atoms with Gasteiger partial charge in [-0.25, -0.2) is 22.0 Å². The molecule has 4 rings (SSSR count). The Morgan fingerprint density at radius 2 is 1.73 bits per heavy atom. The third kappa shape index (κ3) is 4.10. The summed E-state index contributed by atoms with van der Waals surface area (Å²) < 4.78 is 69.5. The number of pyridine rings is 1. The molecule has 0 spiro atoms. The number of hydrogen-bond donors (Lipinski definition) is 2. The van der Waals surface area contributed by atoms with Gasteiger partial charge in [-0.2, -0.15) is 0 Å². The molecule has 176 valence electrons. The number of rotatable bonds is 3. The molecule has 0 unspecified atom stereocenters. The number of carbonyl (C=O) groups is 2. The van der Waals surface area contributed by atoms with Crippen LogP contribution in [-0.2, 0) is 6.54 Å². The van der Waals surface area contributed by atoms with Gasteiger partial charge >= 0.3 is 0 Å². The standard InChI is InChI=1S/C20H17F5N4O4/c21-10-5-13(22)11(14(23)6-10)7-26-18(32)12-8-29-15(17(31)16(12)30)19(33)27-3-1-20(24,25)2-4-28(29)9-27/h5-6,8,31H,1-4,7,9H2,(H,26,32). The molecule has 2 aromatic rings. The Balaban J connectivity index is 1.67. The number of fused-ring (bicyclic) bond motifs is 4. The average Bonchev–Trinajstić information content (AvgIpc) is 2.72. The number of nitrogens with zero attached hydrogens (tertiary/aromatic N) is 3. The molecule has 0 radical (unpaired) electrons. The van der Waals surface area contributed by atoms with E-state index in [1.54, 1.807) is 0 Å². The molecule has 2 amide bonds. The number of benzene rings is 1. The summed E-state index contributed by atoms with van der Waals surface area (Å²) in [5.74, 6) is -9.79. The molecule has 2 aliphatic heterocycles. The normalized spacial score (nSPS) is 17.3. The van der Waals surface area contributed by atoms with Gasteiger partial charge < -0.3 is 15.3 Å². The van der Waals surface area contributed by atoms with E-state index >= 15 is 0 Å². The highest BCUT2D eigenvalue weighted by molar-refractivity contribution is 5.99. The van der Waals surface area contributed by atoms with Crippen LogP contribution in [0, 0.1) is 17.5 Å². The zero-order valence-electron chi connectivity index (χ0n) is 16.9. The number of halogens is 5. The van der Waals surface area contributed by atoms with E-state index in [9.17, 15) is 41.4 Å². The minimum absolute atomic E-state index is 0.114. The van der Waals surface area contributed by atoms with Crippen molar-refractivity contribution in [1.29, 1.82) is 0 Å². The quantitative estimate of drug-likeness (QED) is 0.664. The largest absolute Gasteiger partial charge is 0.502 e. The third-order valence-corrected chi connectivity index (χ3v) is 5.55.